The van der Waals surface area contributed by atoms with Gasteiger partial charge in [-0.05, 0) is 31.9 Å². The highest BCUT2D eigenvalue weighted by atomic mass is 16.3. The lowest BCUT2D eigenvalue weighted by atomic mass is 10.2. The molecule has 0 saturated carbocycles. The van der Waals surface area contributed by atoms with Crippen molar-refractivity contribution in [1.82, 2.24) is 14.7 Å². The lowest BCUT2D eigenvalue weighted by molar-refractivity contribution is -0.135. The van der Waals surface area contributed by atoms with Crippen LogP contribution in [0, 0.1) is 0 Å². The number of carbonyl (C=O) groups is 2. The Morgan fingerprint density at radius 2 is 1.73 bits per heavy atom. The molecule has 120 valence electrons. The summed E-state index contributed by atoms with van der Waals surface area (Å²) in [6.07, 6.45) is 3.74. The first-order chi connectivity index (χ1) is 10.7. The number of likely N-dealkylation sites (tertiary alicyclic amines) is 1. The minimum Gasteiger partial charge on any atom is -0.459 e. The van der Waals surface area contributed by atoms with Crippen LogP contribution >= 0.6 is 0 Å². The lowest BCUT2D eigenvalue weighted by Crippen LogP contribution is -2.55. The number of piperazine rings is 1. The maximum atomic E-state index is 12.4. The van der Waals surface area contributed by atoms with Gasteiger partial charge in [-0.25, -0.2) is 0 Å². The monoisotopic (exact) mass is 305 g/mol. The van der Waals surface area contributed by atoms with E-state index in [0.717, 1.165) is 39.0 Å². The molecular formula is C16H23N3O3. The zero-order valence-corrected chi connectivity index (χ0v) is 13.0. The van der Waals surface area contributed by atoms with Crippen LogP contribution < -0.4 is 0 Å². The van der Waals surface area contributed by atoms with Crippen LogP contribution in [0.2, 0.25) is 0 Å². The second-order valence-electron chi connectivity index (χ2n) is 6.01. The fourth-order valence-corrected chi connectivity index (χ4v) is 3.23. The van der Waals surface area contributed by atoms with Gasteiger partial charge in [-0.1, -0.05) is 0 Å². The number of furan rings is 1. The molecule has 0 spiro atoms. The van der Waals surface area contributed by atoms with Crippen molar-refractivity contribution in [2.24, 2.45) is 0 Å². The van der Waals surface area contributed by atoms with E-state index in [1.54, 1.807) is 17.0 Å². The first-order valence-corrected chi connectivity index (χ1v) is 8.02. The molecule has 2 aliphatic rings. The van der Waals surface area contributed by atoms with Gasteiger partial charge in [-0.3, -0.25) is 14.5 Å². The molecule has 2 amide bonds. The fraction of sp³-hybridized carbons (Fsp3) is 0.625. The molecule has 1 aromatic heterocycles. The van der Waals surface area contributed by atoms with Crippen molar-refractivity contribution in [3.05, 3.63) is 24.2 Å². The van der Waals surface area contributed by atoms with Crippen molar-refractivity contribution in [3.63, 3.8) is 0 Å². The molecule has 0 aromatic carbocycles. The normalized spacial score (nSPS) is 21.1. The predicted octanol–water partition coefficient (Wildman–Crippen LogP) is 1.05. The van der Waals surface area contributed by atoms with Crippen molar-refractivity contribution in [1.29, 1.82) is 0 Å². The minimum absolute atomic E-state index is 0.0665. The van der Waals surface area contributed by atoms with E-state index in [2.05, 4.69) is 4.90 Å². The lowest BCUT2D eigenvalue weighted by Gasteiger charge is -2.38. The molecule has 2 fully saturated rings. The fourth-order valence-electron chi connectivity index (χ4n) is 3.23. The topological polar surface area (TPSA) is 57.0 Å². The quantitative estimate of drug-likeness (QED) is 0.837. The van der Waals surface area contributed by atoms with Crippen LogP contribution in [0.3, 0.4) is 0 Å². The highest BCUT2D eigenvalue weighted by Gasteiger charge is 2.31. The van der Waals surface area contributed by atoms with Gasteiger partial charge in [0.1, 0.15) is 0 Å². The SMILES string of the molecule is CC(C(=O)N1CCCC1)N1CCN(C(=O)c2ccco2)CC1. The second kappa shape index (κ2) is 6.52. The molecule has 0 N–H and O–H groups in total. The van der Waals surface area contributed by atoms with E-state index < -0.39 is 0 Å². The standard InChI is InChI=1S/C16H23N3O3/c1-13(15(20)18-6-2-3-7-18)17-8-10-19(11-9-17)16(21)14-5-4-12-22-14/h4-5,12-13H,2-3,6-11H2,1H3. The first kappa shape index (κ1) is 15.1. The van der Waals surface area contributed by atoms with E-state index in [1.165, 1.54) is 6.26 Å². The van der Waals surface area contributed by atoms with E-state index in [0.29, 0.717) is 18.8 Å². The van der Waals surface area contributed by atoms with Crippen LogP contribution in [0.4, 0.5) is 0 Å². The number of hydrogen-bond donors (Lipinski definition) is 0. The summed E-state index contributed by atoms with van der Waals surface area (Å²) in [5, 5.41) is 0. The van der Waals surface area contributed by atoms with Crippen LogP contribution in [-0.2, 0) is 4.79 Å². The van der Waals surface area contributed by atoms with E-state index in [9.17, 15) is 9.59 Å². The summed E-state index contributed by atoms with van der Waals surface area (Å²) in [5.41, 5.74) is 0. The average Bonchev–Trinajstić information content (AvgIpc) is 3.26. The van der Waals surface area contributed by atoms with E-state index in [1.807, 2.05) is 11.8 Å². The molecule has 6 heteroatoms. The summed E-state index contributed by atoms with van der Waals surface area (Å²) in [5.74, 6) is 0.543. The second-order valence-corrected chi connectivity index (χ2v) is 6.01. The molecule has 1 atom stereocenters. The maximum absolute atomic E-state index is 12.4. The van der Waals surface area contributed by atoms with Gasteiger partial charge in [0.15, 0.2) is 5.76 Å². The number of amides is 2. The molecule has 0 bridgehead atoms. The molecule has 2 aliphatic heterocycles. The van der Waals surface area contributed by atoms with Gasteiger partial charge in [0.2, 0.25) is 5.91 Å². The molecule has 3 heterocycles. The Bertz CT molecular complexity index is 515. The minimum atomic E-state index is -0.0982. The third kappa shape index (κ3) is 3.02. The van der Waals surface area contributed by atoms with Gasteiger partial charge in [-0.2, -0.15) is 0 Å². The summed E-state index contributed by atoms with van der Waals surface area (Å²) in [6.45, 7) is 6.49. The Labute approximate surface area is 130 Å². The third-order valence-corrected chi connectivity index (χ3v) is 4.66. The maximum Gasteiger partial charge on any atom is 0.289 e. The molecule has 22 heavy (non-hydrogen) atoms. The van der Waals surface area contributed by atoms with Crippen LogP contribution in [0.1, 0.15) is 30.3 Å². The zero-order valence-electron chi connectivity index (χ0n) is 13.0. The van der Waals surface area contributed by atoms with Gasteiger partial charge in [0.05, 0.1) is 12.3 Å². The smallest absolute Gasteiger partial charge is 0.289 e. The van der Waals surface area contributed by atoms with Crippen LogP contribution in [-0.4, -0.2) is 71.8 Å². The van der Waals surface area contributed by atoms with Crippen LogP contribution in [0.5, 0.6) is 0 Å². The Hall–Kier alpha value is -1.82. The Kier molecular flexibility index (Phi) is 4.47. The van der Waals surface area contributed by atoms with Crippen molar-refractivity contribution in [3.8, 4) is 0 Å². The largest absolute Gasteiger partial charge is 0.459 e. The molecular weight excluding hydrogens is 282 g/mol. The van der Waals surface area contributed by atoms with Crippen LogP contribution in [0.15, 0.2) is 22.8 Å². The van der Waals surface area contributed by atoms with Crippen molar-refractivity contribution in [2.45, 2.75) is 25.8 Å². The van der Waals surface area contributed by atoms with Crippen molar-refractivity contribution >= 4 is 11.8 Å². The van der Waals surface area contributed by atoms with Gasteiger partial charge >= 0.3 is 0 Å². The van der Waals surface area contributed by atoms with Gasteiger partial charge in [0.25, 0.3) is 5.91 Å². The van der Waals surface area contributed by atoms with Gasteiger partial charge < -0.3 is 14.2 Å². The number of nitrogens with zero attached hydrogens (tertiary/aromatic N) is 3. The molecule has 6 nitrogen and oxygen atoms in total. The Morgan fingerprint density at radius 3 is 2.32 bits per heavy atom. The zero-order chi connectivity index (χ0) is 15.5. The summed E-state index contributed by atoms with van der Waals surface area (Å²) < 4.78 is 5.16. The molecule has 1 unspecified atom stereocenters. The van der Waals surface area contributed by atoms with E-state index >= 15 is 0 Å². The molecule has 2 saturated heterocycles. The number of hydrogen-bond acceptors (Lipinski definition) is 4. The van der Waals surface area contributed by atoms with E-state index in [4.69, 9.17) is 4.42 Å². The summed E-state index contributed by atoms with van der Waals surface area (Å²) in [4.78, 5) is 30.6. The highest BCUT2D eigenvalue weighted by Crippen LogP contribution is 2.15. The number of carbonyl (C=O) groups excluding carboxylic acids is 2. The molecule has 1 aromatic rings. The Balaban J connectivity index is 1.52. The van der Waals surface area contributed by atoms with Crippen LogP contribution in [0.25, 0.3) is 0 Å². The third-order valence-electron chi connectivity index (χ3n) is 4.66. The first-order valence-electron chi connectivity index (χ1n) is 8.02. The predicted molar refractivity (Wildman–Crippen MR) is 81.5 cm³/mol. The van der Waals surface area contributed by atoms with Crippen molar-refractivity contribution < 1.29 is 14.0 Å². The highest BCUT2D eigenvalue weighted by molar-refractivity contribution is 5.91. The number of rotatable bonds is 3. The average molecular weight is 305 g/mol. The molecule has 0 aliphatic carbocycles. The van der Waals surface area contributed by atoms with Crippen molar-refractivity contribution in [2.75, 3.05) is 39.3 Å². The summed E-state index contributed by atoms with van der Waals surface area (Å²) in [6, 6.07) is 3.31. The summed E-state index contributed by atoms with van der Waals surface area (Å²) in [7, 11) is 0. The Morgan fingerprint density at radius 1 is 1.05 bits per heavy atom. The van der Waals surface area contributed by atoms with Gasteiger partial charge in [-0.15, -0.1) is 0 Å². The summed E-state index contributed by atoms with van der Waals surface area (Å²) >= 11 is 0. The van der Waals surface area contributed by atoms with E-state index in [-0.39, 0.29) is 17.9 Å². The molecule has 0 radical (unpaired) electrons. The van der Waals surface area contributed by atoms with Gasteiger partial charge in [0, 0.05) is 39.3 Å². The molecule has 3 rings (SSSR count).